The van der Waals surface area contributed by atoms with Crippen LogP contribution in [0.15, 0.2) is 400 Å². The van der Waals surface area contributed by atoms with Gasteiger partial charge in [0.05, 0.1) is 44.1 Å². The summed E-state index contributed by atoms with van der Waals surface area (Å²) < 4.78 is 9.10. The SMILES string of the molecule is c1ccc(-c2ccc3c(c2)c2cc(-c4ccc5c(c4)c4ccccc4n5-c4ccccc4)ccc2n3-c2nc(-c3ccccc3)nc(-c3ccccc3)n2)cc1.c1ccc(-c2cccc(-c3nc(-c4ccccc4)nc(-n4c5ccccc5c5cc(-c6ccc7c(c6)c6ccccc6n7-c6ccccc6)ccc54)n3)c2)cc1. The number of rotatable bonds is 12. The van der Waals surface area contributed by atoms with Gasteiger partial charge >= 0.3 is 0 Å². The Morgan fingerprint density at radius 2 is 0.357 bits per heavy atom. The van der Waals surface area contributed by atoms with E-state index in [9.17, 15) is 0 Å². The molecule has 0 amide bonds. The standard InChI is InChI=1S/2C51H33N5/c1-5-15-34(16-6-1)37-25-29-47-43(31-37)44-33-39(38-26-28-46-42(32-38)41-23-13-14-24-45(41)55(46)40-21-11-4-12-22-40)27-30-48(44)56(47)51-53-49(35-17-7-2-8-18-35)52-50(54-51)36-19-9-3-10-20-36;1-4-15-34(16-5-1)36-19-14-20-39(31-36)50-52-49(35-17-6-2-7-18-35)53-51(54-50)56-46-26-13-11-24-42(46)44-33-38(28-30-48(44)56)37-27-29-47-43(32-37)41-23-10-12-25-45(41)55(47)40-21-8-3-9-22-40/h2*1-33H. The minimum Gasteiger partial charge on any atom is -0.309 e. The van der Waals surface area contributed by atoms with Crippen LogP contribution in [-0.4, -0.2) is 48.2 Å². The maximum absolute atomic E-state index is 5.22. The first-order valence-electron chi connectivity index (χ1n) is 37.7. The van der Waals surface area contributed by atoms with E-state index in [4.69, 9.17) is 29.9 Å². The molecule has 0 N–H and O–H groups in total. The molecule has 524 valence electrons. The van der Waals surface area contributed by atoms with Gasteiger partial charge in [0.2, 0.25) is 11.9 Å². The highest BCUT2D eigenvalue weighted by Crippen LogP contribution is 2.43. The van der Waals surface area contributed by atoms with Crippen molar-refractivity contribution in [3.8, 4) is 113 Å². The zero-order valence-corrected chi connectivity index (χ0v) is 60.6. The molecule has 10 nitrogen and oxygen atoms in total. The Morgan fingerprint density at radius 3 is 0.696 bits per heavy atom. The molecular formula is C102H66N10. The average molecular weight is 1430 g/mol. The molecule has 0 aliphatic heterocycles. The number of fused-ring (bicyclic) bond motifs is 12. The van der Waals surface area contributed by atoms with Gasteiger partial charge in [-0.15, -0.1) is 0 Å². The second-order valence-electron chi connectivity index (χ2n) is 28.2. The zero-order chi connectivity index (χ0) is 74.0. The van der Waals surface area contributed by atoms with Crippen LogP contribution in [0.4, 0.5) is 0 Å². The Hall–Kier alpha value is -15.3. The van der Waals surface area contributed by atoms with Crippen molar-refractivity contribution in [2.24, 2.45) is 0 Å². The Morgan fingerprint density at radius 1 is 0.134 bits per heavy atom. The van der Waals surface area contributed by atoms with Crippen molar-refractivity contribution in [2.75, 3.05) is 0 Å². The van der Waals surface area contributed by atoms with Crippen LogP contribution in [0.25, 0.3) is 201 Å². The predicted octanol–water partition coefficient (Wildman–Crippen LogP) is 25.5. The molecule has 0 radical (unpaired) electrons. The lowest BCUT2D eigenvalue weighted by Crippen LogP contribution is -2.06. The minimum atomic E-state index is 0.577. The van der Waals surface area contributed by atoms with Crippen molar-refractivity contribution < 1.29 is 0 Å². The molecule has 10 heteroatoms. The molecule has 22 aromatic rings. The number of aromatic nitrogens is 10. The van der Waals surface area contributed by atoms with Crippen molar-refractivity contribution >= 4 is 87.2 Å². The van der Waals surface area contributed by atoms with Gasteiger partial charge in [0.1, 0.15) is 0 Å². The largest absolute Gasteiger partial charge is 0.309 e. The van der Waals surface area contributed by atoms with E-state index >= 15 is 0 Å². The van der Waals surface area contributed by atoms with Crippen LogP contribution in [-0.2, 0) is 0 Å². The summed E-state index contributed by atoms with van der Waals surface area (Å²) in [4.78, 5) is 30.7. The lowest BCUT2D eigenvalue weighted by atomic mass is 9.99. The molecule has 0 unspecified atom stereocenters. The smallest absolute Gasteiger partial charge is 0.238 e. The van der Waals surface area contributed by atoms with Gasteiger partial charge in [0.25, 0.3) is 0 Å². The van der Waals surface area contributed by atoms with Gasteiger partial charge in [-0.1, -0.05) is 291 Å². The first-order chi connectivity index (χ1) is 55.5. The molecule has 0 fully saturated rings. The fourth-order valence-electron chi connectivity index (χ4n) is 16.3. The number of benzene rings is 16. The van der Waals surface area contributed by atoms with Gasteiger partial charge in [-0.2, -0.15) is 19.9 Å². The molecule has 0 spiro atoms. The number of nitrogens with zero attached hydrogens (tertiary/aromatic N) is 10. The summed E-state index contributed by atoms with van der Waals surface area (Å²) in [5, 5.41) is 9.46. The number of hydrogen-bond donors (Lipinski definition) is 0. The van der Waals surface area contributed by atoms with Crippen LogP contribution < -0.4 is 0 Å². The third-order valence-corrected chi connectivity index (χ3v) is 21.6. The monoisotopic (exact) mass is 1430 g/mol. The maximum atomic E-state index is 5.22. The Balaban J connectivity index is 0.000000141. The molecule has 112 heavy (non-hydrogen) atoms. The van der Waals surface area contributed by atoms with E-state index in [1.165, 1.54) is 54.7 Å². The van der Waals surface area contributed by atoms with Gasteiger partial charge in [-0.25, -0.2) is 9.97 Å². The molecular weight excluding hydrogens is 1370 g/mol. The predicted molar refractivity (Wildman–Crippen MR) is 460 cm³/mol. The molecule has 0 aliphatic carbocycles. The number of para-hydroxylation sites is 5. The molecule has 0 saturated heterocycles. The second-order valence-corrected chi connectivity index (χ2v) is 28.2. The first kappa shape index (κ1) is 65.1. The summed E-state index contributed by atoms with van der Waals surface area (Å²) in [6.07, 6.45) is 0. The molecule has 6 aromatic heterocycles. The van der Waals surface area contributed by atoms with Gasteiger partial charge in [0, 0.05) is 76.7 Å². The maximum Gasteiger partial charge on any atom is 0.238 e. The van der Waals surface area contributed by atoms with Gasteiger partial charge in [0.15, 0.2) is 23.3 Å². The van der Waals surface area contributed by atoms with Crippen molar-refractivity contribution in [2.45, 2.75) is 0 Å². The van der Waals surface area contributed by atoms with Crippen LogP contribution in [0.1, 0.15) is 0 Å². The summed E-state index contributed by atoms with van der Waals surface area (Å²) >= 11 is 0. The van der Waals surface area contributed by atoms with Crippen molar-refractivity contribution in [1.29, 1.82) is 0 Å². The zero-order valence-electron chi connectivity index (χ0n) is 60.6. The molecule has 0 aliphatic rings. The lowest BCUT2D eigenvalue weighted by molar-refractivity contribution is 0.953. The van der Waals surface area contributed by atoms with E-state index in [0.29, 0.717) is 35.2 Å². The third-order valence-electron chi connectivity index (χ3n) is 21.6. The highest BCUT2D eigenvalue weighted by atomic mass is 15.2. The van der Waals surface area contributed by atoms with Crippen LogP contribution in [0.3, 0.4) is 0 Å². The summed E-state index contributed by atoms with van der Waals surface area (Å²) in [7, 11) is 0. The number of hydrogen-bond acceptors (Lipinski definition) is 6. The Bertz CT molecular complexity index is 7280. The van der Waals surface area contributed by atoms with Gasteiger partial charge in [-0.05, 0) is 154 Å². The quantitative estimate of drug-likeness (QED) is 0.121. The van der Waals surface area contributed by atoms with Gasteiger partial charge < -0.3 is 9.13 Å². The van der Waals surface area contributed by atoms with E-state index in [-0.39, 0.29) is 0 Å². The van der Waals surface area contributed by atoms with Crippen LogP contribution in [0, 0.1) is 0 Å². The average Bonchev–Trinajstić information content (AvgIpc) is 1.59. The molecule has 0 atom stereocenters. The topological polar surface area (TPSA) is 97.1 Å². The van der Waals surface area contributed by atoms with Crippen molar-refractivity contribution in [3.63, 3.8) is 0 Å². The molecule has 16 aromatic carbocycles. The van der Waals surface area contributed by atoms with Crippen molar-refractivity contribution in [3.05, 3.63) is 400 Å². The van der Waals surface area contributed by atoms with E-state index < -0.39 is 0 Å². The fraction of sp³-hybridized carbons (Fsp3) is 0. The summed E-state index contributed by atoms with van der Waals surface area (Å²) in [5.41, 5.74) is 24.1. The molecule has 22 rings (SSSR count). The highest BCUT2D eigenvalue weighted by molar-refractivity contribution is 6.15. The Kier molecular flexibility index (Phi) is 16.0. The van der Waals surface area contributed by atoms with Gasteiger partial charge in [-0.3, -0.25) is 9.13 Å². The summed E-state index contributed by atoms with van der Waals surface area (Å²) in [6.45, 7) is 0. The van der Waals surface area contributed by atoms with E-state index in [0.717, 1.165) is 111 Å². The Labute approximate surface area is 645 Å². The fourth-order valence-corrected chi connectivity index (χ4v) is 16.3. The van der Waals surface area contributed by atoms with E-state index in [1.54, 1.807) is 0 Å². The van der Waals surface area contributed by atoms with Crippen LogP contribution in [0.2, 0.25) is 0 Å². The first-order valence-corrected chi connectivity index (χ1v) is 37.7. The highest BCUT2D eigenvalue weighted by Gasteiger charge is 2.24. The van der Waals surface area contributed by atoms with E-state index in [1.807, 2.05) is 84.9 Å². The minimum absolute atomic E-state index is 0.577. The summed E-state index contributed by atoms with van der Waals surface area (Å²) in [6, 6.07) is 141. The van der Waals surface area contributed by atoms with E-state index in [2.05, 4.69) is 334 Å². The molecule has 6 heterocycles. The molecule has 0 saturated carbocycles. The van der Waals surface area contributed by atoms with Crippen LogP contribution >= 0.6 is 0 Å². The third kappa shape index (κ3) is 11.5. The normalized spacial score (nSPS) is 11.6. The van der Waals surface area contributed by atoms with Crippen molar-refractivity contribution in [1.82, 2.24) is 48.2 Å². The molecule has 0 bridgehead atoms. The lowest BCUT2D eigenvalue weighted by Gasteiger charge is -2.12. The summed E-state index contributed by atoms with van der Waals surface area (Å²) in [5.74, 6) is 3.66. The second kappa shape index (κ2) is 27.5. The van der Waals surface area contributed by atoms with Crippen LogP contribution in [0.5, 0.6) is 0 Å².